The van der Waals surface area contributed by atoms with Crippen LogP contribution in [0.2, 0.25) is 5.02 Å². The Hall–Kier alpha value is -1.85. The number of carbonyl (C=O) groups is 1. The average molecular weight is 380 g/mol. The lowest BCUT2D eigenvalue weighted by atomic mass is 10.1. The Morgan fingerprint density at radius 3 is 2.40 bits per heavy atom. The van der Waals surface area contributed by atoms with Crippen LogP contribution >= 0.6 is 11.6 Å². The SMILES string of the molecule is CC(NC(=O)CS(=O)(=O)CCCc1ccccc1)c1ccccc1Cl. The van der Waals surface area contributed by atoms with Crippen LogP contribution in [0.1, 0.15) is 30.5 Å². The molecule has 1 unspecified atom stereocenters. The smallest absolute Gasteiger partial charge is 0.235 e. The summed E-state index contributed by atoms with van der Waals surface area (Å²) in [5.41, 5.74) is 1.86. The summed E-state index contributed by atoms with van der Waals surface area (Å²) in [6.07, 6.45) is 1.18. The Morgan fingerprint density at radius 2 is 1.72 bits per heavy atom. The second-order valence-corrected chi connectivity index (χ2v) is 8.58. The third kappa shape index (κ3) is 6.52. The lowest BCUT2D eigenvalue weighted by Gasteiger charge is -2.15. The molecule has 2 aromatic carbocycles. The fourth-order valence-electron chi connectivity index (χ4n) is 2.60. The monoisotopic (exact) mass is 379 g/mol. The quantitative estimate of drug-likeness (QED) is 0.762. The van der Waals surface area contributed by atoms with E-state index in [2.05, 4.69) is 5.32 Å². The molecule has 1 atom stereocenters. The van der Waals surface area contributed by atoms with Crippen LogP contribution in [-0.4, -0.2) is 25.8 Å². The maximum Gasteiger partial charge on any atom is 0.235 e. The molecule has 0 bridgehead atoms. The lowest BCUT2D eigenvalue weighted by Crippen LogP contribution is -2.33. The molecule has 0 spiro atoms. The van der Waals surface area contributed by atoms with Gasteiger partial charge in [0, 0.05) is 5.02 Å². The Morgan fingerprint density at radius 1 is 1.08 bits per heavy atom. The zero-order chi connectivity index (χ0) is 18.3. The molecular formula is C19H22ClNO3S. The van der Waals surface area contributed by atoms with Gasteiger partial charge in [-0.05, 0) is 37.0 Å². The Bertz CT molecular complexity index is 806. The van der Waals surface area contributed by atoms with Gasteiger partial charge < -0.3 is 5.32 Å². The molecule has 0 fully saturated rings. The molecule has 134 valence electrons. The van der Waals surface area contributed by atoms with E-state index in [4.69, 9.17) is 11.6 Å². The summed E-state index contributed by atoms with van der Waals surface area (Å²) in [7, 11) is -3.43. The number of nitrogens with one attached hydrogen (secondary N) is 1. The van der Waals surface area contributed by atoms with Crippen molar-refractivity contribution in [2.24, 2.45) is 0 Å². The highest BCUT2D eigenvalue weighted by molar-refractivity contribution is 7.92. The third-order valence-corrected chi connectivity index (χ3v) is 5.82. The second kappa shape index (κ2) is 9.02. The molecule has 1 amide bonds. The van der Waals surface area contributed by atoms with Gasteiger partial charge in [0.15, 0.2) is 9.84 Å². The Balaban J connectivity index is 1.83. The minimum atomic E-state index is -3.43. The Kier molecular flexibility index (Phi) is 7.02. The first-order valence-electron chi connectivity index (χ1n) is 8.15. The number of carbonyl (C=O) groups excluding carboxylic acids is 1. The number of hydrogen-bond donors (Lipinski definition) is 1. The highest BCUT2D eigenvalue weighted by Crippen LogP contribution is 2.22. The van der Waals surface area contributed by atoms with E-state index in [1.54, 1.807) is 19.1 Å². The number of amides is 1. The summed E-state index contributed by atoms with van der Waals surface area (Å²) in [6, 6.07) is 16.5. The molecule has 2 aromatic rings. The van der Waals surface area contributed by atoms with Crippen molar-refractivity contribution >= 4 is 27.3 Å². The van der Waals surface area contributed by atoms with Crippen molar-refractivity contribution in [1.29, 1.82) is 0 Å². The van der Waals surface area contributed by atoms with Crippen molar-refractivity contribution in [1.82, 2.24) is 5.32 Å². The number of halogens is 1. The van der Waals surface area contributed by atoms with Gasteiger partial charge in [-0.25, -0.2) is 8.42 Å². The van der Waals surface area contributed by atoms with E-state index in [0.717, 1.165) is 11.1 Å². The summed E-state index contributed by atoms with van der Waals surface area (Å²) >= 11 is 6.09. The summed E-state index contributed by atoms with van der Waals surface area (Å²) < 4.78 is 24.3. The maximum absolute atomic E-state index is 12.1. The van der Waals surface area contributed by atoms with Gasteiger partial charge in [0.2, 0.25) is 5.91 Å². The number of rotatable bonds is 8. The summed E-state index contributed by atoms with van der Waals surface area (Å²) in [6.45, 7) is 1.78. The van der Waals surface area contributed by atoms with E-state index in [1.165, 1.54) is 0 Å². The van der Waals surface area contributed by atoms with Crippen LogP contribution in [0.15, 0.2) is 54.6 Å². The number of benzene rings is 2. The highest BCUT2D eigenvalue weighted by atomic mass is 35.5. The molecule has 0 aromatic heterocycles. The van der Waals surface area contributed by atoms with Crippen LogP contribution < -0.4 is 5.32 Å². The number of aryl methyl sites for hydroxylation is 1. The van der Waals surface area contributed by atoms with Crippen molar-refractivity contribution in [3.63, 3.8) is 0 Å². The molecule has 0 saturated heterocycles. The molecule has 25 heavy (non-hydrogen) atoms. The first-order chi connectivity index (χ1) is 11.9. The molecule has 1 N–H and O–H groups in total. The number of hydrogen-bond acceptors (Lipinski definition) is 3. The van der Waals surface area contributed by atoms with Gasteiger partial charge in [0.05, 0.1) is 11.8 Å². The van der Waals surface area contributed by atoms with Crippen molar-refractivity contribution in [2.75, 3.05) is 11.5 Å². The molecule has 0 heterocycles. The van der Waals surface area contributed by atoms with Gasteiger partial charge in [-0.2, -0.15) is 0 Å². The van der Waals surface area contributed by atoms with Gasteiger partial charge in [-0.3, -0.25) is 4.79 Å². The fourth-order valence-corrected chi connectivity index (χ4v) is 4.11. The third-order valence-electron chi connectivity index (χ3n) is 3.86. The zero-order valence-electron chi connectivity index (χ0n) is 14.1. The van der Waals surface area contributed by atoms with Crippen molar-refractivity contribution in [3.8, 4) is 0 Å². The largest absolute Gasteiger partial charge is 0.349 e. The Labute approximate surface area is 154 Å². The summed E-state index contributed by atoms with van der Waals surface area (Å²) in [5.74, 6) is -1.01. The second-order valence-electron chi connectivity index (χ2n) is 5.99. The van der Waals surface area contributed by atoms with Gasteiger partial charge in [0.1, 0.15) is 5.75 Å². The number of sulfone groups is 1. The van der Waals surface area contributed by atoms with Crippen LogP contribution in [0.3, 0.4) is 0 Å². The molecule has 0 aliphatic heterocycles. The first-order valence-corrected chi connectivity index (χ1v) is 10.4. The van der Waals surface area contributed by atoms with E-state index in [9.17, 15) is 13.2 Å². The van der Waals surface area contributed by atoms with Crippen LogP contribution in [0.4, 0.5) is 0 Å². The van der Waals surface area contributed by atoms with E-state index >= 15 is 0 Å². The van der Waals surface area contributed by atoms with Gasteiger partial charge in [-0.1, -0.05) is 60.1 Å². The molecule has 6 heteroatoms. The van der Waals surface area contributed by atoms with E-state index in [-0.39, 0.29) is 11.8 Å². The molecule has 2 rings (SSSR count). The minimum absolute atomic E-state index is 0.00418. The lowest BCUT2D eigenvalue weighted by molar-refractivity contribution is -0.119. The van der Waals surface area contributed by atoms with E-state index in [0.29, 0.717) is 17.9 Å². The van der Waals surface area contributed by atoms with Crippen LogP contribution in [0.5, 0.6) is 0 Å². The minimum Gasteiger partial charge on any atom is -0.349 e. The fraction of sp³-hybridized carbons (Fsp3) is 0.316. The maximum atomic E-state index is 12.1. The first kappa shape index (κ1) is 19.5. The standard InChI is InChI=1S/C19H22ClNO3S/c1-15(17-11-5-6-12-18(17)20)21-19(22)14-25(23,24)13-7-10-16-8-3-2-4-9-16/h2-6,8-9,11-12,15H,7,10,13-14H2,1H3,(H,21,22). The molecule has 0 radical (unpaired) electrons. The van der Waals surface area contributed by atoms with Crippen LogP contribution in [0.25, 0.3) is 0 Å². The molecule has 0 aliphatic carbocycles. The van der Waals surface area contributed by atoms with Gasteiger partial charge in [-0.15, -0.1) is 0 Å². The molecule has 0 aliphatic rings. The normalized spacial score (nSPS) is 12.6. The molecule has 4 nitrogen and oxygen atoms in total. The summed E-state index contributed by atoms with van der Waals surface area (Å²) in [4.78, 5) is 12.1. The van der Waals surface area contributed by atoms with Crippen molar-refractivity contribution < 1.29 is 13.2 Å². The predicted octanol–water partition coefficient (Wildman–Crippen LogP) is 3.56. The van der Waals surface area contributed by atoms with E-state index < -0.39 is 21.5 Å². The van der Waals surface area contributed by atoms with Crippen LogP contribution in [-0.2, 0) is 21.1 Å². The van der Waals surface area contributed by atoms with Gasteiger partial charge in [0.25, 0.3) is 0 Å². The summed E-state index contributed by atoms with van der Waals surface area (Å²) in [5, 5.41) is 3.24. The van der Waals surface area contributed by atoms with Crippen molar-refractivity contribution in [2.45, 2.75) is 25.8 Å². The topological polar surface area (TPSA) is 63.2 Å². The molecule has 0 saturated carbocycles. The highest BCUT2D eigenvalue weighted by Gasteiger charge is 2.19. The average Bonchev–Trinajstić information content (AvgIpc) is 2.55. The van der Waals surface area contributed by atoms with E-state index in [1.807, 2.05) is 42.5 Å². The van der Waals surface area contributed by atoms with Gasteiger partial charge >= 0.3 is 0 Å². The molecular weight excluding hydrogens is 358 g/mol. The predicted molar refractivity (Wildman–Crippen MR) is 101 cm³/mol. The zero-order valence-corrected chi connectivity index (χ0v) is 15.7. The van der Waals surface area contributed by atoms with Crippen molar-refractivity contribution in [3.05, 3.63) is 70.7 Å². The van der Waals surface area contributed by atoms with Crippen LogP contribution in [0, 0.1) is 0 Å².